The quantitative estimate of drug-likeness (QED) is 0.512. The Labute approximate surface area is 155 Å². The number of aryl methyl sites for hydroxylation is 1. The summed E-state index contributed by atoms with van der Waals surface area (Å²) in [5.74, 6) is -0.0374. The van der Waals surface area contributed by atoms with Crippen LogP contribution in [0.15, 0.2) is 21.7 Å². The smallest absolute Gasteiger partial charge is 0.326 e. The summed E-state index contributed by atoms with van der Waals surface area (Å²) in [5, 5.41) is 2.91. The van der Waals surface area contributed by atoms with Crippen LogP contribution in [-0.4, -0.2) is 25.4 Å². The van der Waals surface area contributed by atoms with Gasteiger partial charge in [-0.1, -0.05) is 26.2 Å². The molecule has 0 radical (unpaired) electrons. The van der Waals surface area contributed by atoms with Gasteiger partial charge in [0, 0.05) is 19.2 Å². The predicted octanol–water partition coefficient (Wildman–Crippen LogP) is 2.39. The molecular formula is C19H23N5O3. The number of hydrogen-bond acceptors (Lipinski definition) is 5. The van der Waals surface area contributed by atoms with Crippen LogP contribution in [0.1, 0.15) is 44.6 Å². The molecule has 3 aromatic rings. The number of unbranched alkanes of at least 4 members (excludes halogenated alkanes) is 3. The molecule has 0 saturated heterocycles. The number of hydrogen-bond donors (Lipinski definition) is 2. The van der Waals surface area contributed by atoms with Crippen LogP contribution in [0.4, 0.5) is 5.69 Å². The van der Waals surface area contributed by atoms with Gasteiger partial charge in [-0.15, -0.1) is 0 Å². The fourth-order valence-electron chi connectivity index (χ4n) is 2.94. The van der Waals surface area contributed by atoms with Gasteiger partial charge in [-0.3, -0.25) is 19.1 Å². The Morgan fingerprint density at radius 2 is 1.89 bits per heavy atom. The van der Waals surface area contributed by atoms with Crippen LogP contribution in [0.5, 0.6) is 0 Å². The number of anilines is 1. The summed E-state index contributed by atoms with van der Waals surface area (Å²) in [6.45, 7) is 4.00. The first kappa shape index (κ1) is 18.8. The molecule has 0 aliphatic rings. The Morgan fingerprint density at radius 3 is 2.63 bits per heavy atom. The molecule has 8 nitrogen and oxygen atoms in total. The van der Waals surface area contributed by atoms with Gasteiger partial charge in [0.15, 0.2) is 11.2 Å². The van der Waals surface area contributed by atoms with E-state index in [2.05, 4.69) is 27.2 Å². The van der Waals surface area contributed by atoms with Crippen LogP contribution >= 0.6 is 0 Å². The maximum absolute atomic E-state index is 12.2. The van der Waals surface area contributed by atoms with Crippen LogP contribution in [0.3, 0.4) is 0 Å². The molecule has 0 saturated carbocycles. The monoisotopic (exact) mass is 369 g/mol. The molecule has 2 heterocycles. The standard InChI is InChI=1S/C19H23N5O3/c1-4-5-6-7-8-15(25)20-12-10-14-13(9-11(12)2)21-16-17(22-14)23-19(27)24(3)18(16)26/h9-10H,4-8H2,1-3H3,(H,20,25)(H,22,23,27). The van der Waals surface area contributed by atoms with Gasteiger partial charge in [0.2, 0.25) is 5.91 Å². The fraction of sp³-hybridized carbons (Fsp3) is 0.421. The Hall–Kier alpha value is -3.03. The highest BCUT2D eigenvalue weighted by Gasteiger charge is 2.12. The lowest BCUT2D eigenvalue weighted by atomic mass is 10.1. The molecule has 27 heavy (non-hydrogen) atoms. The van der Waals surface area contributed by atoms with E-state index in [4.69, 9.17) is 0 Å². The summed E-state index contributed by atoms with van der Waals surface area (Å²) < 4.78 is 0.961. The molecule has 0 unspecified atom stereocenters. The number of nitrogens with zero attached hydrogens (tertiary/aromatic N) is 3. The third-order valence-electron chi connectivity index (χ3n) is 4.58. The first-order valence-corrected chi connectivity index (χ1v) is 9.12. The van der Waals surface area contributed by atoms with E-state index in [9.17, 15) is 14.4 Å². The van der Waals surface area contributed by atoms with Gasteiger partial charge in [0.05, 0.1) is 11.0 Å². The average Bonchev–Trinajstić information content (AvgIpc) is 2.63. The highest BCUT2D eigenvalue weighted by molar-refractivity contribution is 5.95. The molecule has 3 rings (SSSR count). The Morgan fingerprint density at radius 1 is 1.15 bits per heavy atom. The van der Waals surface area contributed by atoms with Crippen molar-refractivity contribution < 1.29 is 4.79 Å². The number of aromatic nitrogens is 4. The summed E-state index contributed by atoms with van der Waals surface area (Å²) in [6, 6.07) is 3.50. The number of carbonyl (C=O) groups is 1. The number of nitrogens with one attached hydrogen (secondary N) is 2. The van der Waals surface area contributed by atoms with Crippen molar-refractivity contribution in [2.24, 2.45) is 7.05 Å². The minimum absolute atomic E-state index is 0.0374. The summed E-state index contributed by atoms with van der Waals surface area (Å²) in [4.78, 5) is 47.4. The summed E-state index contributed by atoms with van der Waals surface area (Å²) >= 11 is 0. The lowest BCUT2D eigenvalue weighted by Gasteiger charge is -2.10. The van der Waals surface area contributed by atoms with E-state index < -0.39 is 11.2 Å². The zero-order valence-electron chi connectivity index (χ0n) is 15.8. The number of carbonyl (C=O) groups excluding carboxylic acids is 1. The Bertz CT molecular complexity index is 1130. The van der Waals surface area contributed by atoms with E-state index in [1.807, 2.05) is 6.92 Å². The van der Waals surface area contributed by atoms with Crippen LogP contribution in [-0.2, 0) is 11.8 Å². The molecule has 2 N–H and O–H groups in total. The van der Waals surface area contributed by atoms with E-state index >= 15 is 0 Å². The molecular weight excluding hydrogens is 346 g/mol. The van der Waals surface area contributed by atoms with Crippen molar-refractivity contribution in [3.63, 3.8) is 0 Å². The molecule has 0 fully saturated rings. The molecule has 0 aliphatic carbocycles. The second-order valence-corrected chi connectivity index (χ2v) is 6.73. The molecule has 0 bridgehead atoms. The second-order valence-electron chi connectivity index (χ2n) is 6.73. The number of rotatable bonds is 6. The zero-order chi connectivity index (χ0) is 19.6. The van der Waals surface area contributed by atoms with Crippen molar-refractivity contribution in [1.82, 2.24) is 19.5 Å². The zero-order valence-corrected chi connectivity index (χ0v) is 15.8. The van der Waals surface area contributed by atoms with E-state index in [-0.39, 0.29) is 17.1 Å². The van der Waals surface area contributed by atoms with Crippen LogP contribution in [0.2, 0.25) is 0 Å². The Balaban J connectivity index is 1.94. The predicted molar refractivity (Wildman–Crippen MR) is 105 cm³/mol. The third-order valence-corrected chi connectivity index (χ3v) is 4.58. The highest BCUT2D eigenvalue weighted by Crippen LogP contribution is 2.22. The minimum Gasteiger partial charge on any atom is -0.326 e. The van der Waals surface area contributed by atoms with Crippen molar-refractivity contribution in [3.05, 3.63) is 38.5 Å². The van der Waals surface area contributed by atoms with Gasteiger partial charge in [0.1, 0.15) is 0 Å². The van der Waals surface area contributed by atoms with Crippen molar-refractivity contribution in [2.45, 2.75) is 46.0 Å². The highest BCUT2D eigenvalue weighted by atomic mass is 16.2. The van der Waals surface area contributed by atoms with Crippen molar-refractivity contribution in [3.8, 4) is 0 Å². The molecule has 2 aromatic heterocycles. The van der Waals surface area contributed by atoms with E-state index in [0.29, 0.717) is 23.1 Å². The van der Waals surface area contributed by atoms with E-state index in [1.165, 1.54) is 7.05 Å². The maximum atomic E-state index is 12.2. The van der Waals surface area contributed by atoms with Crippen molar-refractivity contribution in [1.29, 1.82) is 0 Å². The second kappa shape index (κ2) is 7.69. The molecule has 0 spiro atoms. The number of benzene rings is 1. The average molecular weight is 369 g/mol. The Kier molecular flexibility index (Phi) is 5.34. The van der Waals surface area contributed by atoms with Gasteiger partial charge < -0.3 is 5.32 Å². The first-order valence-electron chi connectivity index (χ1n) is 9.12. The fourth-order valence-corrected chi connectivity index (χ4v) is 2.94. The third kappa shape index (κ3) is 3.89. The number of aromatic amines is 1. The van der Waals surface area contributed by atoms with Crippen LogP contribution in [0.25, 0.3) is 22.2 Å². The van der Waals surface area contributed by atoms with E-state index in [0.717, 1.165) is 35.8 Å². The number of fused-ring (bicyclic) bond motifs is 2. The SMILES string of the molecule is CCCCCCC(=O)Nc1cc2nc3[nH]c(=O)n(C)c(=O)c3nc2cc1C. The van der Waals surface area contributed by atoms with E-state index in [1.54, 1.807) is 12.1 Å². The molecule has 0 aliphatic heterocycles. The van der Waals surface area contributed by atoms with Crippen LogP contribution < -0.4 is 16.6 Å². The topological polar surface area (TPSA) is 110 Å². The van der Waals surface area contributed by atoms with Gasteiger partial charge in [-0.2, -0.15) is 0 Å². The normalized spacial score (nSPS) is 11.2. The van der Waals surface area contributed by atoms with Gasteiger partial charge in [-0.25, -0.2) is 14.8 Å². The molecule has 1 aromatic carbocycles. The molecule has 1 amide bonds. The minimum atomic E-state index is -0.547. The summed E-state index contributed by atoms with van der Waals surface area (Å²) in [7, 11) is 1.39. The number of amides is 1. The maximum Gasteiger partial charge on any atom is 0.329 e. The van der Waals surface area contributed by atoms with Gasteiger partial charge >= 0.3 is 5.69 Å². The lowest BCUT2D eigenvalue weighted by Crippen LogP contribution is -2.33. The largest absolute Gasteiger partial charge is 0.329 e. The first-order chi connectivity index (χ1) is 12.9. The van der Waals surface area contributed by atoms with Gasteiger partial charge in [-0.05, 0) is 31.0 Å². The molecule has 8 heteroatoms. The van der Waals surface area contributed by atoms with Crippen molar-refractivity contribution >= 4 is 33.8 Å². The summed E-state index contributed by atoms with van der Waals surface area (Å²) in [5.41, 5.74) is 1.72. The summed E-state index contributed by atoms with van der Waals surface area (Å²) in [6.07, 6.45) is 4.64. The number of H-pyrrole nitrogens is 1. The van der Waals surface area contributed by atoms with Crippen LogP contribution in [0, 0.1) is 6.92 Å². The molecule has 142 valence electrons. The van der Waals surface area contributed by atoms with Crippen molar-refractivity contribution in [2.75, 3.05) is 5.32 Å². The van der Waals surface area contributed by atoms with Gasteiger partial charge in [0.25, 0.3) is 5.56 Å². The molecule has 0 atom stereocenters. The lowest BCUT2D eigenvalue weighted by molar-refractivity contribution is -0.116.